The maximum absolute atomic E-state index is 13.5. The Labute approximate surface area is 128 Å². The van der Waals surface area contributed by atoms with Crippen molar-refractivity contribution in [3.8, 4) is 0 Å². The summed E-state index contributed by atoms with van der Waals surface area (Å²) in [5, 5.41) is 9.24. The monoisotopic (exact) mass is 332 g/mol. The van der Waals surface area contributed by atoms with Crippen molar-refractivity contribution in [3.05, 3.63) is 29.6 Å². The lowest BCUT2D eigenvalue weighted by Crippen LogP contribution is -2.39. The van der Waals surface area contributed by atoms with Crippen LogP contribution >= 0.6 is 12.2 Å². The third-order valence-electron chi connectivity index (χ3n) is 3.64. The molecule has 0 aromatic heterocycles. The second kappa shape index (κ2) is 5.96. The van der Waals surface area contributed by atoms with Crippen molar-refractivity contribution in [2.75, 3.05) is 13.6 Å². The fourth-order valence-electron chi connectivity index (χ4n) is 2.34. The summed E-state index contributed by atoms with van der Waals surface area (Å²) in [5.74, 6) is -0.499. The van der Waals surface area contributed by atoms with Crippen LogP contribution in [0.1, 0.15) is 18.4 Å². The molecule has 116 valence electrons. The summed E-state index contributed by atoms with van der Waals surface area (Å²) in [6.07, 6.45) is 0.862. The van der Waals surface area contributed by atoms with Crippen molar-refractivity contribution in [2.24, 2.45) is 11.7 Å². The van der Waals surface area contributed by atoms with Crippen molar-refractivity contribution < 1.29 is 17.9 Å². The fraction of sp³-hybridized carbons (Fsp3) is 0.462. The number of hydrogen-bond donors (Lipinski definition) is 2. The average molecular weight is 332 g/mol. The molecule has 0 heterocycles. The molecule has 1 aliphatic carbocycles. The lowest BCUT2D eigenvalue weighted by Gasteiger charge is -2.34. The molecular formula is C13H17FN2O3S2. The number of nitrogens with zero attached hydrogens (tertiary/aromatic N) is 1. The van der Waals surface area contributed by atoms with Crippen molar-refractivity contribution in [3.63, 3.8) is 0 Å². The number of benzene rings is 1. The van der Waals surface area contributed by atoms with Gasteiger partial charge in [-0.3, -0.25) is 0 Å². The summed E-state index contributed by atoms with van der Waals surface area (Å²) < 4.78 is 39.6. The minimum absolute atomic E-state index is 0.0472. The van der Waals surface area contributed by atoms with Crippen LogP contribution in [0, 0.1) is 11.7 Å². The van der Waals surface area contributed by atoms with Gasteiger partial charge in [0.05, 0.1) is 11.0 Å². The van der Waals surface area contributed by atoms with Crippen molar-refractivity contribution >= 4 is 27.2 Å². The Balaban J connectivity index is 2.22. The second-order valence-electron chi connectivity index (χ2n) is 5.28. The molecule has 0 aliphatic heterocycles. The van der Waals surface area contributed by atoms with Gasteiger partial charge in [0, 0.05) is 19.2 Å². The van der Waals surface area contributed by atoms with E-state index in [4.69, 9.17) is 18.0 Å². The first-order valence-electron chi connectivity index (χ1n) is 6.45. The van der Waals surface area contributed by atoms with E-state index in [-0.39, 0.29) is 27.5 Å². The number of thiocarbonyl (C=S) groups is 1. The fourth-order valence-corrected chi connectivity index (χ4v) is 3.78. The molecule has 1 aliphatic rings. The van der Waals surface area contributed by atoms with Gasteiger partial charge in [0.15, 0.2) is 0 Å². The van der Waals surface area contributed by atoms with E-state index in [1.54, 1.807) is 0 Å². The summed E-state index contributed by atoms with van der Waals surface area (Å²) in [7, 11) is -2.27. The van der Waals surface area contributed by atoms with Crippen LogP contribution < -0.4 is 5.73 Å². The smallest absolute Gasteiger partial charge is 0.242 e. The van der Waals surface area contributed by atoms with E-state index in [0.29, 0.717) is 19.4 Å². The number of sulfonamides is 1. The Kier molecular flexibility index (Phi) is 4.62. The highest BCUT2D eigenvalue weighted by Crippen LogP contribution is 2.29. The van der Waals surface area contributed by atoms with Crippen LogP contribution in [0.3, 0.4) is 0 Å². The number of hydrogen-bond acceptors (Lipinski definition) is 4. The molecule has 1 aromatic carbocycles. The van der Waals surface area contributed by atoms with Crippen LogP contribution in [-0.2, 0) is 10.0 Å². The molecule has 0 saturated heterocycles. The molecule has 21 heavy (non-hydrogen) atoms. The third-order valence-corrected chi connectivity index (χ3v) is 5.68. The zero-order chi connectivity index (χ0) is 15.8. The largest absolute Gasteiger partial charge is 0.393 e. The van der Waals surface area contributed by atoms with Crippen LogP contribution in [-0.4, -0.2) is 42.5 Å². The molecule has 5 nitrogen and oxygen atoms in total. The maximum atomic E-state index is 13.5. The van der Waals surface area contributed by atoms with E-state index in [0.717, 1.165) is 12.1 Å². The van der Waals surface area contributed by atoms with Crippen LogP contribution in [0.15, 0.2) is 23.1 Å². The Morgan fingerprint density at radius 1 is 1.52 bits per heavy atom. The van der Waals surface area contributed by atoms with Crippen LogP contribution in [0.5, 0.6) is 0 Å². The van der Waals surface area contributed by atoms with Gasteiger partial charge in [-0.05, 0) is 37.0 Å². The van der Waals surface area contributed by atoms with Gasteiger partial charge < -0.3 is 10.8 Å². The molecule has 1 fully saturated rings. The molecule has 0 spiro atoms. The van der Waals surface area contributed by atoms with Crippen molar-refractivity contribution in [1.82, 2.24) is 4.31 Å². The van der Waals surface area contributed by atoms with Gasteiger partial charge in [-0.25, -0.2) is 17.1 Å². The Hall–Kier alpha value is -1.09. The van der Waals surface area contributed by atoms with E-state index < -0.39 is 15.8 Å². The first kappa shape index (κ1) is 16.3. The number of halogens is 1. The third kappa shape index (κ3) is 3.39. The summed E-state index contributed by atoms with van der Waals surface area (Å²) in [5.41, 5.74) is 5.30. The first-order chi connectivity index (χ1) is 9.71. The highest BCUT2D eigenvalue weighted by molar-refractivity contribution is 7.89. The summed E-state index contributed by atoms with van der Waals surface area (Å²) in [6, 6.07) is 3.39. The van der Waals surface area contributed by atoms with Gasteiger partial charge in [0.2, 0.25) is 10.0 Å². The molecule has 8 heteroatoms. The molecule has 0 atom stereocenters. The number of rotatable bonds is 5. The predicted molar refractivity (Wildman–Crippen MR) is 80.8 cm³/mol. The molecule has 0 bridgehead atoms. The molecule has 0 amide bonds. The molecule has 0 unspecified atom stereocenters. The first-order valence-corrected chi connectivity index (χ1v) is 8.30. The number of aliphatic hydroxyl groups excluding tert-OH is 1. The maximum Gasteiger partial charge on any atom is 0.242 e. The standard InChI is InChI=1S/C13H17FN2O3S2/c1-16(7-8-4-9(17)5-8)21(18,19)10-2-3-12(14)11(6-10)13(15)20/h2-3,6,8-9,17H,4-5,7H2,1H3,(H2,15,20). The van der Waals surface area contributed by atoms with E-state index in [1.165, 1.54) is 17.4 Å². The lowest BCUT2D eigenvalue weighted by molar-refractivity contribution is 0.0367. The van der Waals surface area contributed by atoms with Crippen LogP contribution in [0.4, 0.5) is 4.39 Å². The Morgan fingerprint density at radius 3 is 2.67 bits per heavy atom. The van der Waals surface area contributed by atoms with Gasteiger partial charge in [-0.15, -0.1) is 0 Å². The summed E-state index contributed by atoms with van der Waals surface area (Å²) in [6.45, 7) is 0.319. The highest BCUT2D eigenvalue weighted by atomic mass is 32.2. The van der Waals surface area contributed by atoms with Crippen LogP contribution in [0.25, 0.3) is 0 Å². The minimum atomic E-state index is -3.73. The topological polar surface area (TPSA) is 83.6 Å². The average Bonchev–Trinajstić information content (AvgIpc) is 2.36. The van der Waals surface area contributed by atoms with E-state index in [2.05, 4.69) is 0 Å². The zero-order valence-corrected chi connectivity index (χ0v) is 13.1. The summed E-state index contributed by atoms with van der Waals surface area (Å²) in [4.78, 5) is -0.233. The predicted octanol–water partition coefficient (Wildman–Crippen LogP) is 0.851. The molecular weight excluding hydrogens is 315 g/mol. The van der Waals surface area contributed by atoms with Gasteiger partial charge >= 0.3 is 0 Å². The van der Waals surface area contributed by atoms with Gasteiger partial charge in [-0.2, -0.15) is 0 Å². The van der Waals surface area contributed by atoms with Crippen LogP contribution in [0.2, 0.25) is 0 Å². The molecule has 1 saturated carbocycles. The molecule has 3 N–H and O–H groups in total. The Bertz CT molecular complexity index is 657. The van der Waals surface area contributed by atoms with Gasteiger partial charge in [-0.1, -0.05) is 12.2 Å². The minimum Gasteiger partial charge on any atom is -0.393 e. The second-order valence-corrected chi connectivity index (χ2v) is 7.77. The highest BCUT2D eigenvalue weighted by Gasteiger charge is 2.32. The summed E-state index contributed by atoms with van der Waals surface area (Å²) >= 11 is 4.71. The normalized spacial score (nSPS) is 22.1. The number of aliphatic hydroxyl groups is 1. The van der Waals surface area contributed by atoms with E-state index in [1.807, 2.05) is 0 Å². The SMILES string of the molecule is CN(CC1CC(O)C1)S(=O)(=O)c1ccc(F)c(C(N)=S)c1. The molecule has 1 aromatic rings. The molecule has 2 rings (SSSR count). The van der Waals surface area contributed by atoms with E-state index >= 15 is 0 Å². The lowest BCUT2D eigenvalue weighted by atomic mass is 9.82. The zero-order valence-electron chi connectivity index (χ0n) is 11.5. The Morgan fingerprint density at radius 2 is 2.14 bits per heavy atom. The number of nitrogens with two attached hydrogens (primary N) is 1. The van der Waals surface area contributed by atoms with Gasteiger partial charge in [0.1, 0.15) is 10.8 Å². The van der Waals surface area contributed by atoms with Crippen molar-refractivity contribution in [2.45, 2.75) is 23.8 Å². The quantitative estimate of drug-likeness (QED) is 0.781. The molecule has 0 radical (unpaired) electrons. The van der Waals surface area contributed by atoms with Gasteiger partial charge in [0.25, 0.3) is 0 Å². The van der Waals surface area contributed by atoms with E-state index in [9.17, 15) is 17.9 Å². The van der Waals surface area contributed by atoms with Crippen molar-refractivity contribution in [1.29, 1.82) is 0 Å².